The Morgan fingerprint density at radius 3 is 2.34 bits per heavy atom. The lowest BCUT2D eigenvalue weighted by atomic mass is 10.1. The number of hydrogen-bond acceptors (Lipinski definition) is 6. The van der Waals surface area contributed by atoms with Crippen LogP contribution in [0, 0.1) is 0 Å². The van der Waals surface area contributed by atoms with Crippen LogP contribution in [0.2, 0.25) is 0 Å². The molecule has 1 aromatic carbocycles. The topological polar surface area (TPSA) is 61.4 Å². The van der Waals surface area contributed by atoms with Gasteiger partial charge in [0, 0.05) is 11.8 Å². The van der Waals surface area contributed by atoms with Crippen molar-refractivity contribution in [2.24, 2.45) is 0 Å². The maximum atomic E-state index is 12.7. The van der Waals surface area contributed by atoms with Gasteiger partial charge in [0.25, 0.3) is 0 Å². The summed E-state index contributed by atoms with van der Waals surface area (Å²) in [6, 6.07) is 8.12. The van der Waals surface area contributed by atoms with Gasteiger partial charge in [0.1, 0.15) is 5.52 Å². The first-order valence-electron chi connectivity index (χ1n) is 13.5. The van der Waals surface area contributed by atoms with Crippen molar-refractivity contribution in [2.75, 3.05) is 44.6 Å². The number of anilines is 1. The van der Waals surface area contributed by atoms with Crippen LogP contribution in [0.5, 0.6) is 0 Å². The highest BCUT2D eigenvalue weighted by Gasteiger charge is 2.15. The van der Waals surface area contributed by atoms with E-state index in [1.165, 1.54) is 13.0 Å². The number of para-hydroxylation sites is 1. The minimum Gasteiger partial charge on any atom is -0.309 e. The Bertz CT molecular complexity index is 1060. The van der Waals surface area contributed by atoms with Gasteiger partial charge in [-0.05, 0) is 77.4 Å². The fraction of sp³-hybridized carbons (Fsp3) is 0.607. The van der Waals surface area contributed by atoms with Crippen molar-refractivity contribution in [1.29, 1.82) is 0 Å². The Morgan fingerprint density at radius 1 is 0.886 bits per heavy atom. The van der Waals surface area contributed by atoms with Crippen molar-refractivity contribution in [1.82, 2.24) is 19.8 Å². The Kier molecular flexibility index (Phi) is 11.4. The van der Waals surface area contributed by atoms with Crippen LogP contribution in [-0.2, 0) is 11.2 Å². The molecule has 0 saturated heterocycles. The smallest absolute Gasteiger partial charge is 0.225 e. The van der Waals surface area contributed by atoms with Gasteiger partial charge in [0.15, 0.2) is 5.82 Å². The number of pyridine rings is 1. The molecule has 0 aliphatic rings. The number of carbonyl (C=O) groups is 1. The number of aromatic nitrogens is 2. The van der Waals surface area contributed by atoms with E-state index in [-0.39, 0.29) is 5.91 Å². The van der Waals surface area contributed by atoms with E-state index in [4.69, 9.17) is 9.97 Å². The third kappa shape index (κ3) is 7.95. The Hall–Kier alpha value is -2.09. The molecule has 1 N–H and O–H groups in total. The van der Waals surface area contributed by atoms with E-state index in [2.05, 4.69) is 48.9 Å². The average Bonchev–Trinajstić information content (AvgIpc) is 3.30. The highest BCUT2D eigenvalue weighted by atomic mass is 32.1. The van der Waals surface area contributed by atoms with Gasteiger partial charge < -0.3 is 15.1 Å². The maximum absolute atomic E-state index is 12.7. The number of nitrogens with one attached hydrogen (secondary N) is 1. The molecule has 35 heavy (non-hydrogen) atoms. The van der Waals surface area contributed by atoms with E-state index >= 15 is 0 Å². The standard InChI is InChI=1S/C28H43N5OS/c1-5-15-25-31-26-27(35-25)22-16-11-12-17-23(22)29-28(26)30-24(34)18-10-9-13-19-33(8-4)21-14-20-32(6-2)7-3/h11-12,16-17H,5-10,13-15,18-21H2,1-4H3,(H,29,30,34). The van der Waals surface area contributed by atoms with E-state index in [0.717, 1.165) is 91.0 Å². The second-order valence-electron chi connectivity index (χ2n) is 9.19. The van der Waals surface area contributed by atoms with Gasteiger partial charge >= 0.3 is 0 Å². The molecule has 0 atom stereocenters. The molecule has 3 aromatic rings. The molecule has 3 rings (SSSR count). The molecule has 2 heterocycles. The largest absolute Gasteiger partial charge is 0.309 e. The van der Waals surface area contributed by atoms with Crippen LogP contribution in [0.15, 0.2) is 24.3 Å². The monoisotopic (exact) mass is 497 g/mol. The van der Waals surface area contributed by atoms with E-state index < -0.39 is 0 Å². The van der Waals surface area contributed by atoms with E-state index in [9.17, 15) is 4.79 Å². The lowest BCUT2D eigenvalue weighted by molar-refractivity contribution is -0.116. The number of thiazole rings is 1. The van der Waals surface area contributed by atoms with Crippen LogP contribution in [0.3, 0.4) is 0 Å². The highest BCUT2D eigenvalue weighted by Crippen LogP contribution is 2.34. The van der Waals surface area contributed by atoms with Crippen molar-refractivity contribution in [3.63, 3.8) is 0 Å². The number of rotatable bonds is 16. The third-order valence-corrected chi connectivity index (χ3v) is 7.82. The lowest BCUT2D eigenvalue weighted by Gasteiger charge is -2.23. The molecule has 0 saturated carbocycles. The predicted octanol–water partition coefficient (Wildman–Crippen LogP) is 6.35. The van der Waals surface area contributed by atoms with Crippen molar-refractivity contribution in [2.45, 2.75) is 72.6 Å². The molecular weight excluding hydrogens is 454 g/mol. The summed E-state index contributed by atoms with van der Waals surface area (Å²) >= 11 is 1.72. The second kappa shape index (κ2) is 14.5. The molecule has 0 radical (unpaired) electrons. The average molecular weight is 498 g/mol. The van der Waals surface area contributed by atoms with Gasteiger partial charge in [-0.25, -0.2) is 9.97 Å². The fourth-order valence-electron chi connectivity index (χ4n) is 4.53. The lowest BCUT2D eigenvalue weighted by Crippen LogP contribution is -2.30. The highest BCUT2D eigenvalue weighted by molar-refractivity contribution is 7.19. The van der Waals surface area contributed by atoms with Crippen molar-refractivity contribution < 1.29 is 4.79 Å². The summed E-state index contributed by atoms with van der Waals surface area (Å²) in [4.78, 5) is 27.3. The summed E-state index contributed by atoms with van der Waals surface area (Å²) in [5.41, 5.74) is 1.73. The number of unbranched alkanes of at least 4 members (excludes halogenated alkanes) is 2. The van der Waals surface area contributed by atoms with Crippen LogP contribution < -0.4 is 5.32 Å². The molecule has 0 bridgehead atoms. The van der Waals surface area contributed by atoms with Crippen LogP contribution in [0.4, 0.5) is 5.82 Å². The summed E-state index contributed by atoms with van der Waals surface area (Å²) in [5.74, 6) is 0.637. The van der Waals surface area contributed by atoms with Crippen LogP contribution >= 0.6 is 11.3 Å². The molecule has 0 unspecified atom stereocenters. The number of carbonyl (C=O) groups excluding carboxylic acids is 1. The first kappa shape index (κ1) is 27.5. The SMILES string of the molecule is CCCc1nc2c(NC(=O)CCCCCN(CC)CCCN(CC)CC)nc3ccccc3c2s1. The summed E-state index contributed by atoms with van der Waals surface area (Å²) in [7, 11) is 0. The molecule has 0 aliphatic heterocycles. The molecule has 6 nitrogen and oxygen atoms in total. The first-order valence-corrected chi connectivity index (χ1v) is 14.3. The quantitative estimate of drug-likeness (QED) is 0.234. The predicted molar refractivity (Wildman–Crippen MR) is 151 cm³/mol. The zero-order valence-corrected chi connectivity index (χ0v) is 22.9. The molecule has 192 valence electrons. The number of nitrogens with zero attached hydrogens (tertiary/aromatic N) is 4. The Labute approximate surface area is 215 Å². The molecule has 2 aromatic heterocycles. The van der Waals surface area contributed by atoms with Gasteiger partial charge in [-0.3, -0.25) is 4.79 Å². The molecular formula is C28H43N5OS. The summed E-state index contributed by atoms with van der Waals surface area (Å²) in [5, 5.41) is 5.29. The number of fused-ring (bicyclic) bond motifs is 3. The van der Waals surface area contributed by atoms with Gasteiger partial charge in [0.2, 0.25) is 5.91 Å². The molecule has 7 heteroatoms. The van der Waals surface area contributed by atoms with E-state index in [1.807, 2.05) is 18.2 Å². The molecule has 0 aliphatic carbocycles. The van der Waals surface area contributed by atoms with Crippen LogP contribution in [0.1, 0.15) is 71.2 Å². The van der Waals surface area contributed by atoms with Crippen molar-refractivity contribution in [3.8, 4) is 0 Å². The first-order chi connectivity index (χ1) is 17.1. The summed E-state index contributed by atoms with van der Waals surface area (Å²) in [6.07, 6.45) is 6.86. The summed E-state index contributed by atoms with van der Waals surface area (Å²) < 4.78 is 1.12. The minimum atomic E-state index is 0.0330. The normalized spacial score (nSPS) is 11.8. The van der Waals surface area contributed by atoms with Crippen LogP contribution in [-0.4, -0.2) is 64.9 Å². The number of amides is 1. The molecule has 1 amide bonds. The number of benzene rings is 1. The number of aryl methyl sites for hydroxylation is 1. The second-order valence-corrected chi connectivity index (χ2v) is 10.3. The Morgan fingerprint density at radius 2 is 1.60 bits per heavy atom. The maximum Gasteiger partial charge on any atom is 0.225 e. The van der Waals surface area contributed by atoms with E-state index in [0.29, 0.717) is 12.2 Å². The zero-order valence-electron chi connectivity index (χ0n) is 22.1. The van der Waals surface area contributed by atoms with Crippen LogP contribution in [0.25, 0.3) is 21.1 Å². The van der Waals surface area contributed by atoms with Crippen molar-refractivity contribution in [3.05, 3.63) is 29.3 Å². The van der Waals surface area contributed by atoms with E-state index in [1.54, 1.807) is 11.3 Å². The minimum absolute atomic E-state index is 0.0330. The zero-order chi connectivity index (χ0) is 25.0. The van der Waals surface area contributed by atoms with Gasteiger partial charge in [-0.2, -0.15) is 0 Å². The van der Waals surface area contributed by atoms with Gasteiger partial charge in [-0.15, -0.1) is 11.3 Å². The fourth-order valence-corrected chi connectivity index (χ4v) is 5.73. The Balaban J connectivity index is 1.48. The third-order valence-electron chi connectivity index (χ3n) is 6.67. The van der Waals surface area contributed by atoms with Crippen molar-refractivity contribution >= 4 is 44.2 Å². The van der Waals surface area contributed by atoms with Gasteiger partial charge in [0.05, 0.1) is 15.2 Å². The number of hydrogen-bond donors (Lipinski definition) is 1. The van der Waals surface area contributed by atoms with Gasteiger partial charge in [-0.1, -0.05) is 52.3 Å². The molecule has 0 spiro atoms. The molecule has 0 fully saturated rings. The summed E-state index contributed by atoms with van der Waals surface area (Å²) in [6.45, 7) is 15.7.